The molecule has 2 aromatic heterocycles. The highest BCUT2D eigenvalue weighted by molar-refractivity contribution is 6.20. The third-order valence-electron chi connectivity index (χ3n) is 5.94. The van der Waals surface area contributed by atoms with Crippen molar-refractivity contribution in [3.63, 3.8) is 0 Å². The molecule has 3 heterocycles. The first-order chi connectivity index (χ1) is 14.6. The van der Waals surface area contributed by atoms with E-state index in [9.17, 15) is 13.9 Å². The van der Waals surface area contributed by atoms with Gasteiger partial charge in [-0.05, 0) is 42.5 Å². The Morgan fingerprint density at radius 3 is 1.97 bits per heavy atom. The maximum absolute atomic E-state index is 13.9. The number of aromatic nitrogens is 2. The normalized spacial score (nSPS) is 15.6. The van der Waals surface area contributed by atoms with Crippen molar-refractivity contribution in [2.24, 2.45) is 0 Å². The molecule has 0 radical (unpaired) electrons. The average molecular weight is 407 g/mol. The number of benzene rings is 3. The Morgan fingerprint density at radius 2 is 1.43 bits per heavy atom. The summed E-state index contributed by atoms with van der Waals surface area (Å²) in [6, 6.07) is 11.2. The minimum Gasteiger partial charge on any atom is -0.488 e. The first-order valence-corrected chi connectivity index (χ1v) is 9.95. The molecule has 1 fully saturated rings. The van der Waals surface area contributed by atoms with Crippen LogP contribution in [0.5, 0.6) is 5.75 Å². The summed E-state index contributed by atoms with van der Waals surface area (Å²) in [7, 11) is 0. The number of rotatable bonds is 4. The van der Waals surface area contributed by atoms with Crippen LogP contribution in [0.3, 0.4) is 0 Å². The van der Waals surface area contributed by atoms with Crippen LogP contribution in [0.2, 0.25) is 0 Å². The maximum atomic E-state index is 13.9. The van der Waals surface area contributed by atoms with Gasteiger partial charge in [0, 0.05) is 52.2 Å². The summed E-state index contributed by atoms with van der Waals surface area (Å²) in [6.45, 7) is 2.44. The molecule has 0 unspecified atom stereocenters. The van der Waals surface area contributed by atoms with Gasteiger partial charge in [0.25, 0.3) is 0 Å². The van der Waals surface area contributed by atoms with E-state index in [1.807, 2.05) is 6.07 Å². The zero-order valence-corrected chi connectivity index (χ0v) is 16.0. The van der Waals surface area contributed by atoms with Gasteiger partial charge in [-0.1, -0.05) is 0 Å². The zero-order chi connectivity index (χ0) is 20.4. The topological polar surface area (TPSA) is 64.3 Å². The van der Waals surface area contributed by atoms with Crippen molar-refractivity contribution in [1.82, 2.24) is 14.9 Å². The van der Waals surface area contributed by atoms with Gasteiger partial charge in [0.2, 0.25) is 0 Å². The van der Waals surface area contributed by atoms with Crippen LogP contribution >= 0.6 is 0 Å². The van der Waals surface area contributed by atoms with Crippen LogP contribution in [-0.4, -0.2) is 52.3 Å². The first kappa shape index (κ1) is 17.7. The van der Waals surface area contributed by atoms with Crippen LogP contribution < -0.4 is 4.74 Å². The minimum absolute atomic E-state index is 0.257. The smallest absolute Gasteiger partial charge is 0.167 e. The van der Waals surface area contributed by atoms with Crippen LogP contribution in [-0.2, 0) is 0 Å². The maximum Gasteiger partial charge on any atom is 0.167 e. The predicted molar refractivity (Wildman–Crippen MR) is 113 cm³/mol. The molecular weight excluding hydrogens is 388 g/mol. The molecule has 0 spiro atoms. The highest BCUT2D eigenvalue weighted by Gasteiger charge is 2.24. The molecule has 0 atom stereocenters. The second-order valence-electron chi connectivity index (χ2n) is 7.94. The Hall–Kier alpha value is -3.16. The van der Waals surface area contributed by atoms with Crippen LogP contribution in [0.15, 0.2) is 42.5 Å². The van der Waals surface area contributed by atoms with Gasteiger partial charge in [-0.15, -0.1) is 0 Å². The number of aliphatic hydroxyl groups excluding tert-OH is 1. The van der Waals surface area contributed by atoms with Crippen LogP contribution in [0.1, 0.15) is 0 Å². The number of ether oxygens (including phenoxy) is 1. The number of hydrogen-bond donors (Lipinski definition) is 3. The number of halogens is 2. The Kier molecular flexibility index (Phi) is 3.78. The summed E-state index contributed by atoms with van der Waals surface area (Å²) in [5.41, 5.74) is 3.17. The van der Waals surface area contributed by atoms with Crippen molar-refractivity contribution in [2.75, 3.05) is 26.2 Å². The highest BCUT2D eigenvalue weighted by Crippen LogP contribution is 2.41. The summed E-state index contributed by atoms with van der Waals surface area (Å²) >= 11 is 0. The van der Waals surface area contributed by atoms with E-state index in [1.165, 1.54) is 24.3 Å². The molecule has 0 amide bonds. The van der Waals surface area contributed by atoms with E-state index >= 15 is 0 Å². The van der Waals surface area contributed by atoms with Crippen molar-refractivity contribution in [3.05, 3.63) is 54.1 Å². The Morgan fingerprint density at radius 1 is 0.867 bits per heavy atom. The average Bonchev–Trinajstić information content (AvgIpc) is 3.24. The molecule has 30 heavy (non-hydrogen) atoms. The second-order valence-corrected chi connectivity index (χ2v) is 7.94. The standard InChI is InChI=1S/C23H19F2N3O2/c24-12-1-3-19-15(7-12)17-9-18-16-8-13(25)2-4-20(16)27-22(18)23(21(17)26-19)30-6-5-28-10-14(29)11-28/h1-4,7-9,14,26-27,29H,5-6,10-11H2. The van der Waals surface area contributed by atoms with Crippen molar-refractivity contribution in [3.8, 4) is 5.75 Å². The summed E-state index contributed by atoms with van der Waals surface area (Å²) in [4.78, 5) is 8.83. The number of aromatic amines is 2. The molecule has 7 heteroatoms. The number of fused-ring (bicyclic) bond motifs is 6. The molecule has 1 aliphatic rings. The van der Waals surface area contributed by atoms with Crippen molar-refractivity contribution >= 4 is 43.6 Å². The Bertz CT molecular complexity index is 1340. The SMILES string of the molecule is OC1CN(CCOc2c3[nH]c4ccc(F)cc4c3cc3c2[nH]c2ccc(F)cc23)C1. The second kappa shape index (κ2) is 6.42. The molecule has 0 bridgehead atoms. The van der Waals surface area contributed by atoms with Gasteiger partial charge in [0.15, 0.2) is 5.75 Å². The van der Waals surface area contributed by atoms with E-state index in [0.29, 0.717) is 32.0 Å². The van der Waals surface area contributed by atoms with Gasteiger partial charge < -0.3 is 19.8 Å². The number of hydrogen-bond acceptors (Lipinski definition) is 3. The molecule has 152 valence electrons. The largest absolute Gasteiger partial charge is 0.488 e. The molecule has 1 aliphatic heterocycles. The fourth-order valence-corrected chi connectivity index (χ4v) is 4.44. The first-order valence-electron chi connectivity index (χ1n) is 9.95. The van der Waals surface area contributed by atoms with E-state index in [1.54, 1.807) is 12.1 Å². The number of likely N-dealkylation sites (tertiary alicyclic amines) is 1. The van der Waals surface area contributed by atoms with Gasteiger partial charge in [0.05, 0.1) is 17.1 Å². The lowest BCUT2D eigenvalue weighted by atomic mass is 10.1. The number of nitrogens with zero attached hydrogens (tertiary/aromatic N) is 1. The van der Waals surface area contributed by atoms with Gasteiger partial charge in [-0.25, -0.2) is 8.78 Å². The molecule has 5 aromatic rings. The van der Waals surface area contributed by atoms with E-state index in [-0.39, 0.29) is 17.7 Å². The molecule has 0 saturated carbocycles. The quantitative estimate of drug-likeness (QED) is 0.417. The van der Waals surface area contributed by atoms with E-state index in [4.69, 9.17) is 4.74 Å². The van der Waals surface area contributed by atoms with Crippen LogP contribution in [0, 0.1) is 11.6 Å². The highest BCUT2D eigenvalue weighted by atomic mass is 19.1. The molecule has 5 nitrogen and oxygen atoms in total. The zero-order valence-electron chi connectivity index (χ0n) is 16.0. The van der Waals surface area contributed by atoms with E-state index in [2.05, 4.69) is 14.9 Å². The third-order valence-corrected chi connectivity index (χ3v) is 5.94. The van der Waals surface area contributed by atoms with Crippen molar-refractivity contribution in [2.45, 2.75) is 6.10 Å². The monoisotopic (exact) mass is 407 g/mol. The predicted octanol–water partition coefficient (Wildman–Crippen LogP) is 4.29. The lowest BCUT2D eigenvalue weighted by Gasteiger charge is -2.35. The summed E-state index contributed by atoms with van der Waals surface area (Å²) < 4.78 is 34.1. The van der Waals surface area contributed by atoms with Crippen molar-refractivity contribution < 1.29 is 18.6 Å². The Labute approximate surface area is 169 Å². The fourth-order valence-electron chi connectivity index (χ4n) is 4.44. The van der Waals surface area contributed by atoms with Gasteiger partial charge >= 0.3 is 0 Å². The van der Waals surface area contributed by atoms with Gasteiger partial charge in [0.1, 0.15) is 18.2 Å². The van der Waals surface area contributed by atoms with E-state index < -0.39 is 0 Å². The fraction of sp³-hybridized carbons (Fsp3) is 0.217. The molecular formula is C23H19F2N3O2. The summed E-state index contributed by atoms with van der Waals surface area (Å²) in [5, 5.41) is 12.6. The van der Waals surface area contributed by atoms with Gasteiger partial charge in [-0.3, -0.25) is 4.90 Å². The molecule has 3 aromatic carbocycles. The number of β-amino-alcohol motifs (C(OH)–C–C–N with tert-alkyl or cyclic N) is 1. The summed E-state index contributed by atoms with van der Waals surface area (Å²) in [5.74, 6) is 0.0105. The molecule has 3 N–H and O–H groups in total. The van der Waals surface area contributed by atoms with Crippen LogP contribution in [0.4, 0.5) is 8.78 Å². The lowest BCUT2D eigenvalue weighted by molar-refractivity contribution is -0.00373. The Balaban J connectivity index is 1.56. The molecule has 1 saturated heterocycles. The number of H-pyrrole nitrogens is 2. The molecule has 6 rings (SSSR count). The number of aliphatic hydroxyl groups is 1. The number of nitrogens with one attached hydrogen (secondary N) is 2. The van der Waals surface area contributed by atoms with Crippen LogP contribution in [0.25, 0.3) is 43.6 Å². The third kappa shape index (κ3) is 2.66. The van der Waals surface area contributed by atoms with Gasteiger partial charge in [-0.2, -0.15) is 0 Å². The van der Waals surface area contributed by atoms with E-state index in [0.717, 1.165) is 43.6 Å². The lowest BCUT2D eigenvalue weighted by Crippen LogP contribution is -2.51. The van der Waals surface area contributed by atoms with Crippen molar-refractivity contribution in [1.29, 1.82) is 0 Å². The minimum atomic E-state index is -0.313. The summed E-state index contributed by atoms with van der Waals surface area (Å²) in [6.07, 6.45) is -0.257. The molecule has 0 aliphatic carbocycles.